The SMILES string of the molecule is CC1(C(=O)Cc2cccc(Br)c2)CCNCC1. The Kier molecular flexibility index (Phi) is 4.00. The highest BCUT2D eigenvalue weighted by Crippen LogP contribution is 2.30. The van der Waals surface area contributed by atoms with Crippen LogP contribution in [-0.2, 0) is 11.2 Å². The molecule has 0 saturated carbocycles. The lowest BCUT2D eigenvalue weighted by Crippen LogP contribution is -2.40. The van der Waals surface area contributed by atoms with Gasteiger partial charge in [0.05, 0.1) is 0 Å². The molecular weight excluding hydrogens is 278 g/mol. The number of ketones is 1. The number of nitrogens with one attached hydrogen (secondary N) is 1. The van der Waals surface area contributed by atoms with Gasteiger partial charge in [-0.15, -0.1) is 0 Å². The van der Waals surface area contributed by atoms with Crippen LogP contribution >= 0.6 is 15.9 Å². The standard InChI is InChI=1S/C14H18BrNO/c1-14(5-7-16-8-6-14)13(17)10-11-3-2-4-12(15)9-11/h2-4,9,16H,5-8,10H2,1H3. The van der Waals surface area contributed by atoms with Gasteiger partial charge in [0.25, 0.3) is 0 Å². The number of halogens is 1. The van der Waals surface area contributed by atoms with Gasteiger partial charge in [-0.1, -0.05) is 35.0 Å². The van der Waals surface area contributed by atoms with E-state index in [0.717, 1.165) is 36.0 Å². The second-order valence-electron chi connectivity index (χ2n) is 5.04. The monoisotopic (exact) mass is 295 g/mol. The van der Waals surface area contributed by atoms with E-state index in [1.165, 1.54) is 0 Å². The minimum atomic E-state index is -0.131. The molecule has 1 aromatic rings. The van der Waals surface area contributed by atoms with Crippen molar-refractivity contribution in [2.45, 2.75) is 26.2 Å². The molecule has 1 heterocycles. The van der Waals surface area contributed by atoms with Crippen molar-refractivity contribution in [2.75, 3.05) is 13.1 Å². The third kappa shape index (κ3) is 3.17. The fourth-order valence-electron chi connectivity index (χ4n) is 2.30. The lowest BCUT2D eigenvalue weighted by molar-refractivity contribution is -0.128. The maximum absolute atomic E-state index is 12.4. The molecule has 1 N–H and O–H groups in total. The summed E-state index contributed by atoms with van der Waals surface area (Å²) in [6, 6.07) is 8.02. The summed E-state index contributed by atoms with van der Waals surface area (Å²) in [5.74, 6) is 0.372. The lowest BCUT2D eigenvalue weighted by Gasteiger charge is -2.32. The van der Waals surface area contributed by atoms with Crippen molar-refractivity contribution in [2.24, 2.45) is 5.41 Å². The molecule has 0 spiro atoms. The van der Waals surface area contributed by atoms with Crippen LogP contribution in [0.2, 0.25) is 0 Å². The van der Waals surface area contributed by atoms with Gasteiger partial charge in [0, 0.05) is 16.3 Å². The van der Waals surface area contributed by atoms with Crippen LogP contribution in [-0.4, -0.2) is 18.9 Å². The van der Waals surface area contributed by atoms with Crippen molar-refractivity contribution in [3.63, 3.8) is 0 Å². The Labute approximate surface area is 111 Å². The third-order valence-electron chi connectivity index (χ3n) is 3.63. The van der Waals surface area contributed by atoms with Crippen LogP contribution in [0.15, 0.2) is 28.7 Å². The number of hydrogen-bond donors (Lipinski definition) is 1. The number of benzene rings is 1. The van der Waals surface area contributed by atoms with Crippen LogP contribution in [0, 0.1) is 5.41 Å². The molecule has 0 bridgehead atoms. The smallest absolute Gasteiger partial charge is 0.143 e. The first-order chi connectivity index (χ1) is 8.10. The number of hydrogen-bond acceptors (Lipinski definition) is 2. The van der Waals surface area contributed by atoms with Crippen LogP contribution in [0.4, 0.5) is 0 Å². The van der Waals surface area contributed by atoms with E-state index in [9.17, 15) is 4.79 Å². The normalized spacial score (nSPS) is 18.9. The summed E-state index contributed by atoms with van der Waals surface area (Å²) in [5, 5.41) is 3.31. The molecule has 1 aliphatic rings. The predicted octanol–water partition coefficient (Wildman–Crippen LogP) is 2.95. The molecule has 92 valence electrons. The maximum Gasteiger partial charge on any atom is 0.143 e. The molecule has 0 unspecified atom stereocenters. The van der Waals surface area contributed by atoms with Crippen molar-refractivity contribution in [1.82, 2.24) is 5.32 Å². The predicted molar refractivity (Wildman–Crippen MR) is 73.1 cm³/mol. The first-order valence-corrected chi connectivity index (χ1v) is 6.88. The van der Waals surface area contributed by atoms with Gasteiger partial charge in [-0.25, -0.2) is 0 Å². The van der Waals surface area contributed by atoms with Gasteiger partial charge in [0.15, 0.2) is 0 Å². The van der Waals surface area contributed by atoms with Crippen LogP contribution in [0.25, 0.3) is 0 Å². The van der Waals surface area contributed by atoms with Crippen molar-refractivity contribution >= 4 is 21.7 Å². The largest absolute Gasteiger partial charge is 0.317 e. The van der Waals surface area contributed by atoms with Crippen LogP contribution in [0.3, 0.4) is 0 Å². The van der Waals surface area contributed by atoms with Crippen LogP contribution < -0.4 is 5.32 Å². The van der Waals surface area contributed by atoms with Gasteiger partial charge < -0.3 is 5.32 Å². The third-order valence-corrected chi connectivity index (χ3v) is 4.13. The quantitative estimate of drug-likeness (QED) is 0.929. The van der Waals surface area contributed by atoms with Crippen molar-refractivity contribution < 1.29 is 4.79 Å². The van der Waals surface area contributed by atoms with Crippen molar-refractivity contribution in [3.05, 3.63) is 34.3 Å². The molecule has 17 heavy (non-hydrogen) atoms. The van der Waals surface area contributed by atoms with E-state index in [4.69, 9.17) is 0 Å². The summed E-state index contributed by atoms with van der Waals surface area (Å²) in [4.78, 5) is 12.4. The molecule has 0 aromatic heterocycles. The Bertz CT molecular complexity index is 410. The van der Waals surface area contributed by atoms with E-state index in [1.807, 2.05) is 24.3 Å². The van der Waals surface area contributed by atoms with Gasteiger partial charge in [0.1, 0.15) is 5.78 Å². The molecule has 1 fully saturated rings. The highest BCUT2D eigenvalue weighted by molar-refractivity contribution is 9.10. The summed E-state index contributed by atoms with van der Waals surface area (Å²) >= 11 is 3.44. The first kappa shape index (κ1) is 12.8. The Morgan fingerprint density at radius 2 is 2.12 bits per heavy atom. The molecule has 0 amide bonds. The summed E-state index contributed by atoms with van der Waals surface area (Å²) < 4.78 is 1.04. The fraction of sp³-hybridized carbons (Fsp3) is 0.500. The Balaban J connectivity index is 2.05. The van der Waals surface area contributed by atoms with E-state index in [-0.39, 0.29) is 5.41 Å². The molecule has 0 atom stereocenters. The van der Waals surface area contributed by atoms with Crippen LogP contribution in [0.1, 0.15) is 25.3 Å². The zero-order valence-corrected chi connectivity index (χ0v) is 11.7. The molecule has 0 aliphatic carbocycles. The minimum absolute atomic E-state index is 0.131. The average Bonchev–Trinajstić information content (AvgIpc) is 2.30. The number of Topliss-reactive ketones (excluding diaryl/α,β-unsaturated/α-hetero) is 1. The summed E-state index contributed by atoms with van der Waals surface area (Å²) in [6.07, 6.45) is 2.47. The fourth-order valence-corrected chi connectivity index (χ4v) is 2.75. The number of carbonyl (C=O) groups excluding carboxylic acids is 1. The van der Waals surface area contributed by atoms with E-state index in [0.29, 0.717) is 12.2 Å². The topological polar surface area (TPSA) is 29.1 Å². The van der Waals surface area contributed by atoms with Gasteiger partial charge in [-0.3, -0.25) is 4.79 Å². The summed E-state index contributed by atoms with van der Waals surface area (Å²) in [5.41, 5.74) is 0.970. The molecule has 1 aromatic carbocycles. The average molecular weight is 296 g/mol. The zero-order chi connectivity index (χ0) is 12.3. The van der Waals surface area contributed by atoms with Crippen molar-refractivity contribution in [1.29, 1.82) is 0 Å². The number of carbonyl (C=O) groups is 1. The molecule has 0 radical (unpaired) electrons. The Morgan fingerprint density at radius 1 is 1.41 bits per heavy atom. The Morgan fingerprint density at radius 3 is 2.76 bits per heavy atom. The highest BCUT2D eigenvalue weighted by atomic mass is 79.9. The molecule has 1 saturated heterocycles. The minimum Gasteiger partial charge on any atom is -0.317 e. The zero-order valence-electron chi connectivity index (χ0n) is 10.1. The Hall–Kier alpha value is -0.670. The number of piperidine rings is 1. The van der Waals surface area contributed by atoms with Crippen molar-refractivity contribution in [3.8, 4) is 0 Å². The molecule has 1 aliphatic heterocycles. The maximum atomic E-state index is 12.4. The lowest BCUT2D eigenvalue weighted by atomic mass is 9.75. The second kappa shape index (κ2) is 5.32. The van der Waals surface area contributed by atoms with E-state index in [2.05, 4.69) is 28.2 Å². The first-order valence-electron chi connectivity index (χ1n) is 6.09. The molecule has 3 heteroatoms. The number of rotatable bonds is 3. The van der Waals surface area contributed by atoms with Gasteiger partial charge in [0.2, 0.25) is 0 Å². The molecule has 2 rings (SSSR count). The van der Waals surface area contributed by atoms with E-state index >= 15 is 0 Å². The second-order valence-corrected chi connectivity index (χ2v) is 5.96. The van der Waals surface area contributed by atoms with Crippen LogP contribution in [0.5, 0.6) is 0 Å². The summed E-state index contributed by atoms with van der Waals surface area (Å²) in [6.45, 7) is 4.02. The highest BCUT2D eigenvalue weighted by Gasteiger charge is 2.33. The molecule has 2 nitrogen and oxygen atoms in total. The van der Waals surface area contributed by atoms with Gasteiger partial charge in [-0.05, 0) is 43.6 Å². The summed E-state index contributed by atoms with van der Waals surface area (Å²) in [7, 11) is 0. The van der Waals surface area contributed by atoms with Gasteiger partial charge >= 0.3 is 0 Å². The molecular formula is C14H18BrNO. The van der Waals surface area contributed by atoms with Gasteiger partial charge in [-0.2, -0.15) is 0 Å². The van der Waals surface area contributed by atoms with E-state index < -0.39 is 0 Å². The van der Waals surface area contributed by atoms with E-state index in [1.54, 1.807) is 0 Å².